The van der Waals surface area contributed by atoms with Gasteiger partial charge < -0.3 is 14.2 Å². The fourth-order valence-electron chi connectivity index (χ4n) is 4.40. The summed E-state index contributed by atoms with van der Waals surface area (Å²) in [7, 11) is 1.60. The first kappa shape index (κ1) is 24.2. The summed E-state index contributed by atoms with van der Waals surface area (Å²) < 4.78 is 18.5. The first-order valence-corrected chi connectivity index (χ1v) is 12.6. The molecule has 5 nitrogen and oxygen atoms in total. The van der Waals surface area contributed by atoms with E-state index in [9.17, 15) is 4.79 Å². The molecule has 0 fully saturated rings. The van der Waals surface area contributed by atoms with E-state index in [1.165, 1.54) is 0 Å². The number of halogens is 3. The lowest BCUT2D eigenvalue weighted by atomic mass is 9.99. The van der Waals surface area contributed by atoms with Gasteiger partial charge in [-0.25, -0.2) is 0 Å². The van der Waals surface area contributed by atoms with E-state index in [4.69, 9.17) is 37.4 Å². The highest BCUT2D eigenvalue weighted by molar-refractivity contribution is 9.10. The monoisotopic (exact) mass is 573 g/mol. The molecule has 0 N–H and O–H groups in total. The summed E-state index contributed by atoms with van der Waals surface area (Å²) in [5.41, 5.74) is 4.13. The number of carbonyl (C=O) groups is 1. The van der Waals surface area contributed by atoms with Crippen LogP contribution in [-0.4, -0.2) is 31.1 Å². The largest absolute Gasteiger partial charge is 0.496 e. The molecule has 180 valence electrons. The molecule has 0 aliphatic carbocycles. The Bertz CT molecular complexity index is 1370. The minimum Gasteiger partial charge on any atom is -0.496 e. The Labute approximate surface area is 222 Å². The lowest BCUT2D eigenvalue weighted by molar-refractivity contribution is 0.0954. The number of carbonyl (C=O) groups excluding carboxylic acids is 1. The highest BCUT2D eigenvalue weighted by Gasteiger charge is 2.33. The van der Waals surface area contributed by atoms with E-state index in [0.29, 0.717) is 40.4 Å². The van der Waals surface area contributed by atoms with Crippen molar-refractivity contribution in [1.29, 1.82) is 0 Å². The highest BCUT2D eigenvalue weighted by Crippen LogP contribution is 2.43. The molecule has 0 saturated carbocycles. The van der Waals surface area contributed by atoms with Gasteiger partial charge >= 0.3 is 0 Å². The van der Waals surface area contributed by atoms with Crippen LogP contribution in [0.15, 0.2) is 52.7 Å². The zero-order valence-corrected chi connectivity index (χ0v) is 22.3. The number of hydrogen-bond acceptors (Lipinski definition) is 5. The Morgan fingerprint density at radius 1 is 1.14 bits per heavy atom. The second-order valence-corrected chi connectivity index (χ2v) is 10.3. The molecule has 2 aliphatic rings. The minimum atomic E-state index is -0.155. The molecule has 35 heavy (non-hydrogen) atoms. The van der Waals surface area contributed by atoms with E-state index in [1.54, 1.807) is 19.3 Å². The summed E-state index contributed by atoms with van der Waals surface area (Å²) in [5, 5.41) is 1.28. The Morgan fingerprint density at radius 2 is 1.97 bits per heavy atom. The summed E-state index contributed by atoms with van der Waals surface area (Å²) in [5.74, 6) is 2.09. The predicted octanol–water partition coefficient (Wildman–Crippen LogP) is 7.08. The third-order valence-corrected chi connectivity index (χ3v) is 7.27. The second-order valence-electron chi connectivity index (χ2n) is 8.50. The maximum absolute atomic E-state index is 13.3. The van der Waals surface area contributed by atoms with E-state index in [-0.39, 0.29) is 11.5 Å². The third-order valence-electron chi connectivity index (χ3n) is 6.19. The number of hydrogen-bond donors (Lipinski definition) is 0. The normalized spacial score (nSPS) is 16.0. The first-order chi connectivity index (χ1) is 16.8. The number of rotatable bonds is 5. The molecule has 2 aliphatic heterocycles. The molecule has 3 aromatic carbocycles. The van der Waals surface area contributed by atoms with Crippen molar-refractivity contribution in [2.24, 2.45) is 0 Å². The molecule has 0 aromatic heterocycles. The molecule has 0 unspecified atom stereocenters. The van der Waals surface area contributed by atoms with E-state index in [2.05, 4.69) is 20.8 Å². The maximum Gasteiger partial charge on any atom is 0.231 e. The van der Waals surface area contributed by atoms with Crippen LogP contribution in [0.1, 0.15) is 32.6 Å². The lowest BCUT2D eigenvalue weighted by Gasteiger charge is -2.30. The molecule has 0 radical (unpaired) electrons. The van der Waals surface area contributed by atoms with Gasteiger partial charge in [-0.1, -0.05) is 45.2 Å². The van der Waals surface area contributed by atoms with Crippen LogP contribution in [0.3, 0.4) is 0 Å². The van der Waals surface area contributed by atoms with E-state index in [1.807, 2.05) is 43.3 Å². The molecular weight excluding hydrogens is 553 g/mol. The zero-order chi connectivity index (χ0) is 24.7. The number of allylic oxidation sites excluding steroid dienone is 1. The second kappa shape index (κ2) is 9.86. The number of fused-ring (bicyclic) bond motifs is 2. The van der Waals surface area contributed by atoms with E-state index < -0.39 is 0 Å². The molecule has 2 heterocycles. The first-order valence-electron chi connectivity index (χ1n) is 11.1. The van der Waals surface area contributed by atoms with Crippen LogP contribution in [0, 0.1) is 6.92 Å². The number of nitrogens with zero attached hydrogens (tertiary/aromatic N) is 1. The van der Waals surface area contributed by atoms with Gasteiger partial charge in [-0.3, -0.25) is 9.69 Å². The molecule has 0 spiro atoms. The van der Waals surface area contributed by atoms with Gasteiger partial charge in [0.1, 0.15) is 24.0 Å². The van der Waals surface area contributed by atoms with E-state index in [0.717, 1.165) is 45.4 Å². The van der Waals surface area contributed by atoms with Gasteiger partial charge in [0.2, 0.25) is 5.78 Å². The summed E-state index contributed by atoms with van der Waals surface area (Å²) >= 11 is 15.8. The van der Waals surface area contributed by atoms with Crippen LogP contribution < -0.4 is 14.2 Å². The maximum atomic E-state index is 13.3. The van der Waals surface area contributed by atoms with Crippen molar-refractivity contribution in [2.45, 2.75) is 19.9 Å². The highest BCUT2D eigenvalue weighted by atomic mass is 79.9. The summed E-state index contributed by atoms with van der Waals surface area (Å²) in [6, 6.07) is 13.1. The lowest BCUT2D eigenvalue weighted by Crippen LogP contribution is -2.34. The number of Topliss-reactive ketones (excluding diaryl/α,β-unsaturated/α-hetero) is 1. The van der Waals surface area contributed by atoms with Crippen LogP contribution in [0.2, 0.25) is 10.0 Å². The van der Waals surface area contributed by atoms with Gasteiger partial charge in [0.05, 0.1) is 12.7 Å². The predicted molar refractivity (Wildman–Crippen MR) is 141 cm³/mol. The van der Waals surface area contributed by atoms with Crippen molar-refractivity contribution in [3.8, 4) is 17.2 Å². The molecule has 0 atom stereocenters. The van der Waals surface area contributed by atoms with Crippen LogP contribution in [0.5, 0.6) is 17.2 Å². The van der Waals surface area contributed by atoms with Crippen molar-refractivity contribution >= 4 is 51.0 Å². The van der Waals surface area contributed by atoms with Crippen molar-refractivity contribution in [2.75, 3.05) is 20.4 Å². The molecule has 0 bridgehead atoms. The van der Waals surface area contributed by atoms with Crippen molar-refractivity contribution in [3.63, 3.8) is 0 Å². The van der Waals surface area contributed by atoms with E-state index >= 15 is 0 Å². The number of ether oxygens (including phenoxy) is 3. The van der Waals surface area contributed by atoms with Gasteiger partial charge in [0, 0.05) is 44.3 Å². The molecule has 5 rings (SSSR count). The molecular formula is C27H22BrCl2NO4. The SMILES string of the molecule is COc1ccc(Br)cc1/C=C1\Oc2c(cc3c(c2C)OCN(CCc2ccc(Cl)cc2Cl)C3)C1=O. The molecule has 8 heteroatoms. The van der Waals surface area contributed by atoms with Crippen LogP contribution in [-0.2, 0) is 13.0 Å². The van der Waals surface area contributed by atoms with Crippen molar-refractivity contribution < 1.29 is 19.0 Å². The molecule has 0 saturated heterocycles. The van der Waals surface area contributed by atoms with Gasteiger partial charge in [-0.2, -0.15) is 0 Å². The number of methoxy groups -OCH3 is 1. The average Bonchev–Trinajstić information content (AvgIpc) is 3.14. The molecule has 0 amide bonds. The Kier molecular flexibility index (Phi) is 6.82. The fraction of sp³-hybridized carbons (Fsp3) is 0.222. The van der Waals surface area contributed by atoms with Gasteiger partial charge in [0.15, 0.2) is 5.76 Å². The van der Waals surface area contributed by atoms with Crippen LogP contribution in [0.4, 0.5) is 0 Å². The summed E-state index contributed by atoms with van der Waals surface area (Å²) in [4.78, 5) is 15.4. The topological polar surface area (TPSA) is 48.0 Å². The van der Waals surface area contributed by atoms with Crippen molar-refractivity contribution in [1.82, 2.24) is 4.90 Å². The minimum absolute atomic E-state index is 0.155. The van der Waals surface area contributed by atoms with Gasteiger partial charge in [-0.15, -0.1) is 0 Å². The Balaban J connectivity index is 1.38. The van der Waals surface area contributed by atoms with Gasteiger partial charge in [0.25, 0.3) is 0 Å². The summed E-state index contributed by atoms with van der Waals surface area (Å²) in [6.07, 6.45) is 2.48. The zero-order valence-electron chi connectivity index (χ0n) is 19.2. The van der Waals surface area contributed by atoms with Gasteiger partial charge in [-0.05, 0) is 61.4 Å². The molecule has 3 aromatic rings. The Hall–Kier alpha value is -2.51. The fourth-order valence-corrected chi connectivity index (χ4v) is 5.28. The Morgan fingerprint density at radius 3 is 2.74 bits per heavy atom. The number of benzene rings is 3. The smallest absolute Gasteiger partial charge is 0.231 e. The standard InChI is InChI=1S/C27H22BrCl2NO4/c1-15-26-18(13-31(14-34-26)8-7-16-3-5-20(29)12-22(16)30)10-21-25(32)24(35-27(15)21)11-17-9-19(28)4-6-23(17)33-2/h3-6,9-12H,7-8,13-14H2,1-2H3/b24-11-. The quantitative estimate of drug-likeness (QED) is 0.305. The average molecular weight is 575 g/mol. The summed E-state index contributed by atoms with van der Waals surface area (Å²) in [6.45, 7) is 3.80. The number of ketones is 1. The third kappa shape index (κ3) is 4.81. The van der Waals surface area contributed by atoms with Crippen molar-refractivity contribution in [3.05, 3.63) is 90.6 Å². The van der Waals surface area contributed by atoms with Crippen LogP contribution in [0.25, 0.3) is 6.08 Å². The van der Waals surface area contributed by atoms with Crippen LogP contribution >= 0.6 is 39.1 Å².